The Kier molecular flexibility index (Phi) is 4.75. The first-order chi connectivity index (χ1) is 7.42. The first-order valence-corrected chi connectivity index (χ1v) is 7.17. The molecule has 0 amide bonds. The molecule has 4 heteroatoms. The highest BCUT2D eigenvalue weighted by atomic mass is 32.2. The van der Waals surface area contributed by atoms with E-state index in [2.05, 4.69) is 16.7 Å². The zero-order chi connectivity index (χ0) is 10.5. The third kappa shape index (κ3) is 3.09. The third-order valence-corrected chi connectivity index (χ3v) is 4.44. The number of rotatable bonds is 3. The van der Waals surface area contributed by atoms with Gasteiger partial charge < -0.3 is 10.5 Å². The van der Waals surface area contributed by atoms with Gasteiger partial charge in [-0.1, -0.05) is 0 Å². The molecule has 2 saturated heterocycles. The van der Waals surface area contributed by atoms with Crippen molar-refractivity contribution in [3.63, 3.8) is 0 Å². The molecule has 0 aromatic heterocycles. The summed E-state index contributed by atoms with van der Waals surface area (Å²) in [5.74, 6) is 3.21. The minimum absolute atomic E-state index is 0.561. The minimum atomic E-state index is 0.561. The van der Waals surface area contributed by atoms with Gasteiger partial charge in [0.1, 0.15) is 0 Å². The summed E-state index contributed by atoms with van der Waals surface area (Å²) in [5.41, 5.74) is 5.93. The number of hydrogen-bond donors (Lipinski definition) is 1. The monoisotopic (exact) mass is 230 g/mol. The Morgan fingerprint density at radius 3 is 2.80 bits per heavy atom. The topological polar surface area (TPSA) is 38.5 Å². The van der Waals surface area contributed by atoms with E-state index in [0.717, 1.165) is 19.8 Å². The lowest BCUT2D eigenvalue weighted by Gasteiger charge is -2.39. The third-order valence-electron chi connectivity index (χ3n) is 3.50. The Balaban J connectivity index is 1.88. The lowest BCUT2D eigenvalue weighted by atomic mass is 9.92. The van der Waals surface area contributed by atoms with Gasteiger partial charge in [-0.15, -0.1) is 0 Å². The molecular weight excluding hydrogens is 208 g/mol. The van der Waals surface area contributed by atoms with Crippen molar-refractivity contribution in [1.82, 2.24) is 4.90 Å². The standard InChI is InChI=1S/C11H22N2OS/c12-8-11(10-2-1-5-14-9-10)13-3-6-15-7-4-13/h10-11H,1-9,12H2. The second-order valence-corrected chi connectivity index (χ2v) is 5.65. The van der Waals surface area contributed by atoms with Crippen LogP contribution in [0.25, 0.3) is 0 Å². The van der Waals surface area contributed by atoms with E-state index in [0.29, 0.717) is 12.0 Å². The van der Waals surface area contributed by atoms with Crippen LogP contribution < -0.4 is 5.73 Å². The van der Waals surface area contributed by atoms with Gasteiger partial charge in [-0.2, -0.15) is 11.8 Å². The van der Waals surface area contributed by atoms with Gasteiger partial charge in [-0.3, -0.25) is 4.90 Å². The van der Waals surface area contributed by atoms with Gasteiger partial charge in [0.25, 0.3) is 0 Å². The molecule has 2 atom stereocenters. The van der Waals surface area contributed by atoms with Crippen molar-refractivity contribution in [3.8, 4) is 0 Å². The highest BCUT2D eigenvalue weighted by Gasteiger charge is 2.28. The van der Waals surface area contributed by atoms with E-state index < -0.39 is 0 Å². The van der Waals surface area contributed by atoms with Crippen molar-refractivity contribution in [2.24, 2.45) is 11.7 Å². The second-order valence-electron chi connectivity index (χ2n) is 4.43. The van der Waals surface area contributed by atoms with Crippen molar-refractivity contribution in [2.75, 3.05) is 44.4 Å². The molecule has 2 aliphatic rings. The molecule has 2 unspecified atom stereocenters. The van der Waals surface area contributed by atoms with E-state index in [1.165, 1.54) is 37.4 Å². The Morgan fingerprint density at radius 2 is 2.20 bits per heavy atom. The Bertz CT molecular complexity index is 161. The summed E-state index contributed by atoms with van der Waals surface area (Å²) < 4.78 is 5.57. The van der Waals surface area contributed by atoms with Gasteiger partial charge >= 0.3 is 0 Å². The number of ether oxygens (including phenoxy) is 1. The van der Waals surface area contributed by atoms with Crippen molar-refractivity contribution in [1.29, 1.82) is 0 Å². The molecule has 0 radical (unpaired) electrons. The van der Waals surface area contributed by atoms with E-state index in [1.807, 2.05) is 0 Å². The molecule has 2 fully saturated rings. The highest BCUT2D eigenvalue weighted by Crippen LogP contribution is 2.23. The summed E-state index contributed by atoms with van der Waals surface area (Å²) in [5, 5.41) is 0. The maximum atomic E-state index is 5.93. The molecule has 2 rings (SSSR count). The lowest BCUT2D eigenvalue weighted by molar-refractivity contribution is 0.0135. The van der Waals surface area contributed by atoms with Crippen LogP contribution in [0, 0.1) is 5.92 Å². The maximum Gasteiger partial charge on any atom is 0.0509 e. The van der Waals surface area contributed by atoms with E-state index in [9.17, 15) is 0 Å². The number of thioether (sulfide) groups is 1. The van der Waals surface area contributed by atoms with Crippen LogP contribution in [0.5, 0.6) is 0 Å². The van der Waals surface area contributed by atoms with E-state index in [4.69, 9.17) is 10.5 Å². The van der Waals surface area contributed by atoms with Crippen LogP contribution in [0.3, 0.4) is 0 Å². The first-order valence-electron chi connectivity index (χ1n) is 6.01. The SMILES string of the molecule is NCC(C1CCCOC1)N1CCSCC1. The van der Waals surface area contributed by atoms with Crippen LogP contribution in [-0.4, -0.2) is 55.3 Å². The molecule has 0 bridgehead atoms. The molecule has 0 aromatic carbocycles. The molecular formula is C11H22N2OS. The van der Waals surface area contributed by atoms with Crippen molar-refractivity contribution in [3.05, 3.63) is 0 Å². The van der Waals surface area contributed by atoms with Crippen molar-refractivity contribution >= 4 is 11.8 Å². The van der Waals surface area contributed by atoms with Gasteiger partial charge in [0.2, 0.25) is 0 Å². The Morgan fingerprint density at radius 1 is 1.40 bits per heavy atom. The molecule has 2 N–H and O–H groups in total. The molecule has 0 aromatic rings. The largest absolute Gasteiger partial charge is 0.381 e. The van der Waals surface area contributed by atoms with Gasteiger partial charge in [0, 0.05) is 43.8 Å². The summed E-state index contributed by atoms with van der Waals surface area (Å²) in [7, 11) is 0. The average Bonchev–Trinajstić information content (AvgIpc) is 2.33. The molecule has 0 aliphatic carbocycles. The predicted molar refractivity (Wildman–Crippen MR) is 65.3 cm³/mol. The van der Waals surface area contributed by atoms with Crippen LogP contribution in [-0.2, 0) is 4.74 Å². The van der Waals surface area contributed by atoms with Gasteiger partial charge in [-0.05, 0) is 18.8 Å². The smallest absolute Gasteiger partial charge is 0.0509 e. The number of nitrogens with zero attached hydrogens (tertiary/aromatic N) is 1. The minimum Gasteiger partial charge on any atom is -0.381 e. The molecule has 0 spiro atoms. The Labute approximate surface area is 96.7 Å². The summed E-state index contributed by atoms with van der Waals surface area (Å²) in [4.78, 5) is 2.58. The summed E-state index contributed by atoms with van der Waals surface area (Å²) in [6, 6.07) is 0.561. The van der Waals surface area contributed by atoms with Gasteiger partial charge in [0.05, 0.1) is 6.61 Å². The maximum absolute atomic E-state index is 5.93. The van der Waals surface area contributed by atoms with Gasteiger partial charge in [-0.25, -0.2) is 0 Å². The first kappa shape index (κ1) is 11.7. The van der Waals surface area contributed by atoms with E-state index in [-0.39, 0.29) is 0 Å². The van der Waals surface area contributed by atoms with Gasteiger partial charge in [0.15, 0.2) is 0 Å². The normalized spacial score (nSPS) is 31.4. The zero-order valence-electron chi connectivity index (χ0n) is 9.36. The molecule has 2 aliphatic heterocycles. The van der Waals surface area contributed by atoms with Crippen molar-refractivity contribution < 1.29 is 4.74 Å². The van der Waals surface area contributed by atoms with Crippen LogP contribution in [0.4, 0.5) is 0 Å². The Hall–Kier alpha value is 0.230. The van der Waals surface area contributed by atoms with Crippen LogP contribution in [0.1, 0.15) is 12.8 Å². The fourth-order valence-electron chi connectivity index (χ4n) is 2.62. The van der Waals surface area contributed by atoms with Crippen LogP contribution in [0.15, 0.2) is 0 Å². The second kappa shape index (κ2) is 6.09. The summed E-state index contributed by atoms with van der Waals surface area (Å²) >= 11 is 2.06. The highest BCUT2D eigenvalue weighted by molar-refractivity contribution is 7.99. The molecule has 15 heavy (non-hydrogen) atoms. The molecule has 3 nitrogen and oxygen atoms in total. The number of hydrogen-bond acceptors (Lipinski definition) is 4. The summed E-state index contributed by atoms with van der Waals surface area (Å²) in [6.07, 6.45) is 2.51. The molecule has 2 heterocycles. The number of nitrogens with two attached hydrogens (primary N) is 1. The fourth-order valence-corrected chi connectivity index (χ4v) is 3.55. The van der Waals surface area contributed by atoms with E-state index >= 15 is 0 Å². The zero-order valence-corrected chi connectivity index (χ0v) is 10.2. The van der Waals surface area contributed by atoms with Crippen molar-refractivity contribution in [2.45, 2.75) is 18.9 Å². The molecule has 0 saturated carbocycles. The quantitative estimate of drug-likeness (QED) is 0.778. The molecule has 88 valence electrons. The predicted octanol–water partition coefficient (Wildman–Crippen LogP) is 0.789. The fraction of sp³-hybridized carbons (Fsp3) is 1.00. The lowest BCUT2D eigenvalue weighted by Crippen LogP contribution is -2.50. The summed E-state index contributed by atoms with van der Waals surface area (Å²) in [6.45, 7) is 5.08. The van der Waals surface area contributed by atoms with Crippen LogP contribution in [0.2, 0.25) is 0 Å². The average molecular weight is 230 g/mol. The van der Waals surface area contributed by atoms with E-state index in [1.54, 1.807) is 0 Å². The van der Waals surface area contributed by atoms with Crippen LogP contribution >= 0.6 is 11.8 Å².